The number of hydrogen-bond donors (Lipinski definition) is 2. The second kappa shape index (κ2) is 6.39. The Morgan fingerprint density at radius 3 is 2.76 bits per heavy atom. The van der Waals surface area contributed by atoms with E-state index >= 15 is 0 Å². The predicted molar refractivity (Wildman–Crippen MR) is 69.8 cm³/mol. The van der Waals surface area contributed by atoms with Crippen LogP contribution in [0.2, 0.25) is 0 Å². The molecule has 0 aromatic carbocycles. The first-order valence-corrected chi connectivity index (χ1v) is 7.26. The van der Waals surface area contributed by atoms with Crippen LogP contribution in [0.1, 0.15) is 51.9 Å². The first-order chi connectivity index (χ1) is 8.25. The van der Waals surface area contributed by atoms with E-state index in [1.54, 1.807) is 0 Å². The van der Waals surface area contributed by atoms with E-state index in [0.717, 1.165) is 25.4 Å². The third-order valence-electron chi connectivity index (χ3n) is 4.44. The zero-order chi connectivity index (χ0) is 12.1. The average Bonchev–Trinajstić information content (AvgIpc) is 2.81. The highest BCUT2D eigenvalue weighted by Gasteiger charge is 2.22. The Kier molecular flexibility index (Phi) is 4.84. The van der Waals surface area contributed by atoms with Crippen LogP contribution in [-0.4, -0.2) is 25.0 Å². The molecule has 0 spiro atoms. The molecule has 3 heteroatoms. The highest BCUT2D eigenvalue weighted by molar-refractivity contribution is 5.76. The first kappa shape index (κ1) is 12.9. The van der Waals surface area contributed by atoms with Crippen molar-refractivity contribution in [3.63, 3.8) is 0 Å². The molecule has 0 bridgehead atoms. The summed E-state index contributed by atoms with van der Waals surface area (Å²) in [6.45, 7) is 4.30. The normalized spacial score (nSPS) is 33.6. The lowest BCUT2D eigenvalue weighted by Crippen LogP contribution is -2.36. The topological polar surface area (TPSA) is 41.1 Å². The molecule has 3 unspecified atom stereocenters. The first-order valence-electron chi connectivity index (χ1n) is 7.26. The Morgan fingerprint density at radius 1 is 1.24 bits per heavy atom. The number of rotatable bonds is 4. The summed E-state index contributed by atoms with van der Waals surface area (Å²) in [5, 5.41) is 6.50. The van der Waals surface area contributed by atoms with Crippen molar-refractivity contribution in [2.45, 2.75) is 57.9 Å². The van der Waals surface area contributed by atoms with Crippen molar-refractivity contribution in [1.29, 1.82) is 0 Å². The van der Waals surface area contributed by atoms with E-state index < -0.39 is 0 Å². The van der Waals surface area contributed by atoms with Gasteiger partial charge in [0.05, 0.1) is 0 Å². The van der Waals surface area contributed by atoms with Gasteiger partial charge in [0.1, 0.15) is 0 Å². The molecular formula is C14H26N2O. The summed E-state index contributed by atoms with van der Waals surface area (Å²) in [7, 11) is 0. The maximum absolute atomic E-state index is 11.8. The van der Waals surface area contributed by atoms with Crippen molar-refractivity contribution in [1.82, 2.24) is 10.6 Å². The Hall–Kier alpha value is -0.570. The SMILES string of the molecule is CC1CCCCC1CNC(=O)CC1CCCN1. The summed E-state index contributed by atoms with van der Waals surface area (Å²) in [5.74, 6) is 1.74. The van der Waals surface area contributed by atoms with Crippen LogP contribution in [0.25, 0.3) is 0 Å². The smallest absolute Gasteiger partial charge is 0.221 e. The third-order valence-corrected chi connectivity index (χ3v) is 4.44. The zero-order valence-corrected chi connectivity index (χ0v) is 11.0. The molecule has 17 heavy (non-hydrogen) atoms. The van der Waals surface area contributed by atoms with Crippen molar-refractivity contribution >= 4 is 5.91 Å². The molecule has 2 fully saturated rings. The fourth-order valence-corrected chi connectivity index (χ4v) is 3.17. The summed E-state index contributed by atoms with van der Waals surface area (Å²) >= 11 is 0. The van der Waals surface area contributed by atoms with E-state index in [1.165, 1.54) is 32.1 Å². The van der Waals surface area contributed by atoms with E-state index in [9.17, 15) is 4.79 Å². The van der Waals surface area contributed by atoms with Crippen LogP contribution in [-0.2, 0) is 4.79 Å². The molecule has 1 amide bonds. The molecule has 3 nitrogen and oxygen atoms in total. The molecule has 0 aromatic heterocycles. The van der Waals surface area contributed by atoms with Crippen LogP contribution in [0.15, 0.2) is 0 Å². The van der Waals surface area contributed by atoms with Gasteiger partial charge in [-0.3, -0.25) is 4.79 Å². The van der Waals surface area contributed by atoms with Crippen LogP contribution >= 0.6 is 0 Å². The van der Waals surface area contributed by atoms with Crippen LogP contribution in [0.4, 0.5) is 0 Å². The van der Waals surface area contributed by atoms with E-state index in [0.29, 0.717) is 18.4 Å². The van der Waals surface area contributed by atoms with Gasteiger partial charge in [0.15, 0.2) is 0 Å². The lowest BCUT2D eigenvalue weighted by molar-refractivity contribution is -0.121. The van der Waals surface area contributed by atoms with Crippen molar-refractivity contribution in [3.8, 4) is 0 Å². The monoisotopic (exact) mass is 238 g/mol. The Bertz CT molecular complexity index is 249. The van der Waals surface area contributed by atoms with Crippen LogP contribution in [0.3, 0.4) is 0 Å². The number of carbonyl (C=O) groups is 1. The highest BCUT2D eigenvalue weighted by Crippen LogP contribution is 2.28. The van der Waals surface area contributed by atoms with Crippen LogP contribution < -0.4 is 10.6 Å². The summed E-state index contributed by atoms with van der Waals surface area (Å²) in [5.41, 5.74) is 0. The minimum atomic E-state index is 0.238. The largest absolute Gasteiger partial charge is 0.356 e. The molecule has 3 atom stereocenters. The van der Waals surface area contributed by atoms with Gasteiger partial charge >= 0.3 is 0 Å². The average molecular weight is 238 g/mol. The molecule has 98 valence electrons. The number of nitrogens with one attached hydrogen (secondary N) is 2. The molecule has 1 aliphatic heterocycles. The Labute approximate surface area is 105 Å². The number of hydrogen-bond acceptors (Lipinski definition) is 2. The van der Waals surface area contributed by atoms with E-state index in [-0.39, 0.29) is 5.91 Å². The molecule has 1 saturated heterocycles. The standard InChI is InChI=1S/C14H26N2O/c1-11-5-2-3-6-12(11)10-16-14(17)9-13-7-4-8-15-13/h11-13,15H,2-10H2,1H3,(H,16,17). The zero-order valence-electron chi connectivity index (χ0n) is 11.0. The summed E-state index contributed by atoms with van der Waals surface area (Å²) in [6, 6.07) is 0.429. The lowest BCUT2D eigenvalue weighted by Gasteiger charge is -2.28. The summed E-state index contributed by atoms with van der Waals surface area (Å²) in [4.78, 5) is 11.8. The lowest BCUT2D eigenvalue weighted by atomic mass is 9.80. The minimum absolute atomic E-state index is 0.238. The molecular weight excluding hydrogens is 212 g/mol. The number of amides is 1. The second-order valence-electron chi connectivity index (χ2n) is 5.82. The fraction of sp³-hybridized carbons (Fsp3) is 0.929. The van der Waals surface area contributed by atoms with E-state index in [2.05, 4.69) is 17.6 Å². The minimum Gasteiger partial charge on any atom is -0.356 e. The molecule has 0 radical (unpaired) electrons. The molecule has 1 aliphatic carbocycles. The van der Waals surface area contributed by atoms with Crippen molar-refractivity contribution in [3.05, 3.63) is 0 Å². The van der Waals surface area contributed by atoms with Crippen LogP contribution in [0, 0.1) is 11.8 Å². The fourth-order valence-electron chi connectivity index (χ4n) is 3.17. The molecule has 2 aliphatic rings. The third kappa shape index (κ3) is 3.98. The van der Waals surface area contributed by atoms with Crippen molar-refractivity contribution in [2.24, 2.45) is 11.8 Å². The molecule has 0 aromatic rings. The number of carbonyl (C=O) groups excluding carboxylic acids is 1. The van der Waals surface area contributed by atoms with Crippen molar-refractivity contribution in [2.75, 3.05) is 13.1 Å². The highest BCUT2D eigenvalue weighted by atomic mass is 16.1. The van der Waals surface area contributed by atoms with Gasteiger partial charge in [0.2, 0.25) is 5.91 Å². The van der Waals surface area contributed by atoms with Gasteiger partial charge in [-0.15, -0.1) is 0 Å². The summed E-state index contributed by atoms with van der Waals surface area (Å²) in [6.07, 6.45) is 8.40. The molecule has 2 rings (SSSR count). The van der Waals surface area contributed by atoms with Crippen molar-refractivity contribution < 1.29 is 4.79 Å². The maximum atomic E-state index is 11.8. The van der Waals surface area contributed by atoms with E-state index in [4.69, 9.17) is 0 Å². The molecule has 2 N–H and O–H groups in total. The van der Waals surface area contributed by atoms with E-state index in [1.807, 2.05) is 0 Å². The van der Waals surface area contributed by atoms with Gasteiger partial charge in [0.25, 0.3) is 0 Å². The van der Waals surface area contributed by atoms with Gasteiger partial charge in [-0.2, -0.15) is 0 Å². The quantitative estimate of drug-likeness (QED) is 0.787. The molecule has 1 saturated carbocycles. The Balaban J connectivity index is 1.64. The van der Waals surface area contributed by atoms with Gasteiger partial charge in [-0.25, -0.2) is 0 Å². The maximum Gasteiger partial charge on any atom is 0.221 e. The van der Waals surface area contributed by atoms with Gasteiger partial charge in [0, 0.05) is 19.0 Å². The molecule has 1 heterocycles. The van der Waals surface area contributed by atoms with Gasteiger partial charge in [-0.1, -0.05) is 26.2 Å². The van der Waals surface area contributed by atoms with Crippen LogP contribution in [0.5, 0.6) is 0 Å². The van der Waals surface area contributed by atoms with Gasteiger partial charge in [-0.05, 0) is 37.6 Å². The predicted octanol–water partition coefficient (Wildman–Crippen LogP) is 2.07. The van der Waals surface area contributed by atoms with Gasteiger partial charge < -0.3 is 10.6 Å². The second-order valence-corrected chi connectivity index (χ2v) is 5.82. The summed E-state index contributed by atoms with van der Waals surface area (Å²) < 4.78 is 0. The Morgan fingerprint density at radius 2 is 2.06 bits per heavy atom.